The van der Waals surface area contributed by atoms with Crippen molar-refractivity contribution in [1.82, 2.24) is 4.98 Å². The van der Waals surface area contributed by atoms with Gasteiger partial charge in [0.05, 0.1) is 15.8 Å². The summed E-state index contributed by atoms with van der Waals surface area (Å²) in [5.74, 6) is 0.273. The number of nitrogens with zero attached hydrogens (tertiary/aromatic N) is 1. The van der Waals surface area contributed by atoms with E-state index in [1.165, 1.54) is 11.8 Å². The van der Waals surface area contributed by atoms with Gasteiger partial charge in [0, 0.05) is 4.90 Å². The van der Waals surface area contributed by atoms with Crippen molar-refractivity contribution in [3.63, 3.8) is 0 Å². The fourth-order valence-electron chi connectivity index (χ4n) is 2.15. The van der Waals surface area contributed by atoms with E-state index < -0.39 is 0 Å². The van der Waals surface area contributed by atoms with Gasteiger partial charge in [0.1, 0.15) is 0 Å². The van der Waals surface area contributed by atoms with Crippen molar-refractivity contribution in [1.29, 1.82) is 0 Å². The zero-order valence-corrected chi connectivity index (χ0v) is 13.2. The first-order valence-corrected chi connectivity index (χ1v) is 7.70. The van der Waals surface area contributed by atoms with Crippen LogP contribution in [-0.2, 0) is 0 Å². The molecule has 0 amide bonds. The summed E-state index contributed by atoms with van der Waals surface area (Å²) in [6.07, 6.45) is 0. The fourth-order valence-corrected chi connectivity index (χ4v) is 2.97. The van der Waals surface area contributed by atoms with Crippen molar-refractivity contribution in [2.75, 3.05) is 0 Å². The van der Waals surface area contributed by atoms with Crippen molar-refractivity contribution in [3.8, 4) is 0 Å². The minimum absolute atomic E-state index is 0.273. The summed E-state index contributed by atoms with van der Waals surface area (Å²) in [4.78, 5) is 18.2. The van der Waals surface area contributed by atoms with E-state index in [0.29, 0.717) is 15.8 Å². The predicted molar refractivity (Wildman–Crippen MR) is 91.1 cm³/mol. The van der Waals surface area contributed by atoms with E-state index in [4.69, 9.17) is 4.42 Å². The molecule has 0 saturated carbocycles. The number of hydrogen-bond donors (Lipinski definition) is 0. The molecule has 0 fully saturated rings. The van der Waals surface area contributed by atoms with Gasteiger partial charge in [0.25, 0.3) is 0 Å². The third kappa shape index (κ3) is 2.83. The molecule has 0 saturated heterocycles. The van der Waals surface area contributed by atoms with Gasteiger partial charge in [0.2, 0.25) is 5.89 Å². The predicted octanol–water partition coefficient (Wildman–Crippen LogP) is 4.57. The first-order chi connectivity index (χ1) is 10.5. The topological polar surface area (TPSA) is 43.1 Å². The van der Waals surface area contributed by atoms with E-state index in [1.54, 1.807) is 6.07 Å². The molecule has 3 rings (SSSR count). The second-order valence-electron chi connectivity index (χ2n) is 5.12. The van der Waals surface area contributed by atoms with Crippen molar-refractivity contribution in [2.45, 2.75) is 18.7 Å². The van der Waals surface area contributed by atoms with Gasteiger partial charge >= 0.3 is 5.63 Å². The molecule has 0 N–H and O–H groups in total. The SMILES string of the molecule is C=C(Sc1ccccc1C)c1nc2ccc(C)cc2c(=O)o1. The van der Waals surface area contributed by atoms with Crippen LogP contribution < -0.4 is 5.63 Å². The van der Waals surface area contributed by atoms with Crippen LogP contribution in [0.5, 0.6) is 0 Å². The first kappa shape index (κ1) is 14.6. The van der Waals surface area contributed by atoms with E-state index in [9.17, 15) is 4.79 Å². The number of thioether (sulfide) groups is 1. The Balaban J connectivity index is 2.00. The summed E-state index contributed by atoms with van der Waals surface area (Å²) in [5, 5.41) is 0.498. The highest BCUT2D eigenvalue weighted by molar-refractivity contribution is 8.08. The lowest BCUT2D eigenvalue weighted by molar-refractivity contribution is 0.489. The molecule has 22 heavy (non-hydrogen) atoms. The number of aromatic nitrogens is 1. The van der Waals surface area contributed by atoms with Gasteiger partial charge in [-0.1, -0.05) is 48.2 Å². The summed E-state index contributed by atoms with van der Waals surface area (Å²) >= 11 is 1.45. The molecule has 3 nitrogen and oxygen atoms in total. The Kier molecular flexibility index (Phi) is 3.86. The van der Waals surface area contributed by atoms with Gasteiger partial charge in [-0.2, -0.15) is 0 Å². The maximum Gasteiger partial charge on any atom is 0.347 e. The Bertz CT molecular complexity index is 928. The van der Waals surface area contributed by atoms with Crippen LogP contribution in [0.1, 0.15) is 17.0 Å². The molecule has 3 aromatic rings. The fraction of sp³-hybridized carbons (Fsp3) is 0.111. The van der Waals surface area contributed by atoms with Crippen LogP contribution >= 0.6 is 11.8 Å². The maximum absolute atomic E-state index is 12.1. The second-order valence-corrected chi connectivity index (χ2v) is 6.25. The summed E-state index contributed by atoms with van der Waals surface area (Å²) in [6.45, 7) is 7.96. The maximum atomic E-state index is 12.1. The highest BCUT2D eigenvalue weighted by Crippen LogP contribution is 2.33. The molecule has 110 valence electrons. The van der Waals surface area contributed by atoms with Crippen molar-refractivity contribution >= 4 is 27.6 Å². The molecule has 1 aromatic heterocycles. The molecule has 0 aliphatic carbocycles. The molecular formula is C18H15NO2S. The van der Waals surface area contributed by atoms with Crippen LogP contribution in [-0.4, -0.2) is 4.98 Å². The lowest BCUT2D eigenvalue weighted by Crippen LogP contribution is -2.04. The minimum atomic E-state index is -0.379. The highest BCUT2D eigenvalue weighted by atomic mass is 32.2. The van der Waals surface area contributed by atoms with E-state index >= 15 is 0 Å². The molecule has 0 aliphatic rings. The Hall–Kier alpha value is -2.33. The Morgan fingerprint density at radius 2 is 1.95 bits per heavy atom. The smallest absolute Gasteiger partial charge is 0.347 e. The average molecular weight is 309 g/mol. The number of fused-ring (bicyclic) bond motifs is 1. The quantitative estimate of drug-likeness (QED) is 0.665. The van der Waals surface area contributed by atoms with Crippen LogP contribution in [0.25, 0.3) is 15.8 Å². The average Bonchev–Trinajstić information content (AvgIpc) is 2.50. The lowest BCUT2D eigenvalue weighted by atomic mass is 10.2. The van der Waals surface area contributed by atoms with Crippen LogP contribution in [0.3, 0.4) is 0 Å². The standard InChI is InChI=1S/C18H15NO2S/c1-11-8-9-15-14(10-11)18(20)21-17(19-15)13(3)22-16-7-5-4-6-12(16)2/h4-10H,3H2,1-2H3. The zero-order valence-electron chi connectivity index (χ0n) is 12.4. The van der Waals surface area contributed by atoms with E-state index in [0.717, 1.165) is 16.0 Å². The normalized spacial score (nSPS) is 10.8. The van der Waals surface area contributed by atoms with Crippen LogP contribution in [0.4, 0.5) is 0 Å². The number of hydrogen-bond acceptors (Lipinski definition) is 4. The number of rotatable bonds is 3. The molecule has 0 unspecified atom stereocenters. The van der Waals surface area contributed by atoms with Gasteiger partial charge in [0.15, 0.2) is 0 Å². The molecule has 0 bridgehead atoms. The zero-order chi connectivity index (χ0) is 15.7. The van der Waals surface area contributed by atoms with E-state index in [-0.39, 0.29) is 11.5 Å². The molecule has 0 spiro atoms. The van der Waals surface area contributed by atoms with Gasteiger partial charge < -0.3 is 4.42 Å². The Labute approximate surface area is 132 Å². The first-order valence-electron chi connectivity index (χ1n) is 6.89. The molecule has 1 heterocycles. The third-order valence-corrected chi connectivity index (χ3v) is 4.45. The Morgan fingerprint density at radius 3 is 2.73 bits per heavy atom. The van der Waals surface area contributed by atoms with Crippen LogP contribution in [0.15, 0.2) is 63.2 Å². The van der Waals surface area contributed by atoms with Gasteiger partial charge in [-0.15, -0.1) is 0 Å². The molecular weight excluding hydrogens is 294 g/mol. The number of benzene rings is 2. The Morgan fingerprint density at radius 1 is 1.18 bits per heavy atom. The molecule has 0 radical (unpaired) electrons. The summed E-state index contributed by atoms with van der Waals surface area (Å²) in [6, 6.07) is 13.5. The van der Waals surface area contributed by atoms with Crippen molar-refractivity contribution in [3.05, 3.63) is 76.5 Å². The van der Waals surface area contributed by atoms with Gasteiger partial charge in [-0.25, -0.2) is 9.78 Å². The minimum Gasteiger partial charge on any atom is -0.403 e. The van der Waals surface area contributed by atoms with Crippen molar-refractivity contribution < 1.29 is 4.42 Å². The summed E-state index contributed by atoms with van der Waals surface area (Å²) in [7, 11) is 0. The highest BCUT2D eigenvalue weighted by Gasteiger charge is 2.11. The molecule has 2 aromatic carbocycles. The number of aryl methyl sites for hydroxylation is 2. The molecule has 4 heteroatoms. The van der Waals surface area contributed by atoms with Gasteiger partial charge in [-0.05, 0) is 37.6 Å². The second kappa shape index (κ2) is 5.81. The molecule has 0 atom stereocenters. The van der Waals surface area contributed by atoms with E-state index in [1.807, 2.05) is 50.2 Å². The largest absolute Gasteiger partial charge is 0.403 e. The molecule has 0 aliphatic heterocycles. The lowest BCUT2D eigenvalue weighted by Gasteiger charge is -2.07. The summed E-state index contributed by atoms with van der Waals surface area (Å²) in [5.41, 5.74) is 2.40. The summed E-state index contributed by atoms with van der Waals surface area (Å²) < 4.78 is 5.33. The van der Waals surface area contributed by atoms with E-state index in [2.05, 4.69) is 11.6 Å². The van der Waals surface area contributed by atoms with Crippen molar-refractivity contribution in [2.24, 2.45) is 0 Å². The monoisotopic (exact) mass is 309 g/mol. The van der Waals surface area contributed by atoms with Crippen LogP contribution in [0.2, 0.25) is 0 Å². The van der Waals surface area contributed by atoms with Crippen LogP contribution in [0, 0.1) is 13.8 Å². The third-order valence-electron chi connectivity index (χ3n) is 3.35. The van der Waals surface area contributed by atoms with Gasteiger partial charge in [-0.3, -0.25) is 0 Å².